The summed E-state index contributed by atoms with van der Waals surface area (Å²) in [6, 6.07) is 30.2. The molecule has 5 aromatic rings. The van der Waals surface area contributed by atoms with Crippen molar-refractivity contribution in [1.82, 2.24) is 14.8 Å². The van der Waals surface area contributed by atoms with Crippen molar-refractivity contribution in [3.63, 3.8) is 0 Å². The van der Waals surface area contributed by atoms with E-state index in [1.54, 1.807) is 0 Å². The molecule has 0 bridgehead atoms. The lowest BCUT2D eigenvalue weighted by Crippen LogP contribution is -2.01. The number of rotatable bonds is 7. The summed E-state index contributed by atoms with van der Waals surface area (Å²) in [5.41, 5.74) is 5.01. The van der Waals surface area contributed by atoms with Crippen LogP contribution in [0.2, 0.25) is 0 Å². The minimum atomic E-state index is 0.362. The Balaban J connectivity index is 1.21. The molecule has 5 rings (SSSR count). The Bertz CT molecular complexity index is 1290. The standard InChI is InChI=1S/C27H23N3O2/c1-20-26(28-27(32-20)23-10-6-3-7-11-23)19-31-24-14-12-21(13-15-24)18-30-17-16-25(29-30)22-8-4-2-5-9-22/h2-17H,18-19H2,1H3. The summed E-state index contributed by atoms with van der Waals surface area (Å²) in [4.78, 5) is 4.59. The minimum Gasteiger partial charge on any atom is -0.487 e. The Morgan fingerprint density at radius 3 is 2.22 bits per heavy atom. The summed E-state index contributed by atoms with van der Waals surface area (Å²) < 4.78 is 13.7. The van der Waals surface area contributed by atoms with Crippen molar-refractivity contribution in [1.29, 1.82) is 0 Å². The molecule has 0 radical (unpaired) electrons. The van der Waals surface area contributed by atoms with Crippen molar-refractivity contribution in [2.45, 2.75) is 20.1 Å². The molecule has 0 saturated carbocycles. The zero-order chi connectivity index (χ0) is 21.8. The van der Waals surface area contributed by atoms with Gasteiger partial charge in [0.25, 0.3) is 0 Å². The maximum atomic E-state index is 5.94. The number of hydrogen-bond acceptors (Lipinski definition) is 4. The molecule has 0 aliphatic carbocycles. The lowest BCUT2D eigenvalue weighted by atomic mass is 10.2. The summed E-state index contributed by atoms with van der Waals surface area (Å²) in [5.74, 6) is 2.18. The van der Waals surface area contributed by atoms with Crippen LogP contribution in [-0.2, 0) is 13.2 Å². The Hall–Kier alpha value is -4.12. The zero-order valence-corrected chi connectivity index (χ0v) is 17.8. The third kappa shape index (κ3) is 4.47. The second kappa shape index (κ2) is 8.94. The van der Waals surface area contributed by atoms with Gasteiger partial charge in [-0.3, -0.25) is 4.68 Å². The van der Waals surface area contributed by atoms with E-state index in [0.29, 0.717) is 19.0 Å². The average Bonchev–Trinajstić information content (AvgIpc) is 3.46. The maximum Gasteiger partial charge on any atom is 0.226 e. The SMILES string of the molecule is Cc1oc(-c2ccccc2)nc1COc1ccc(Cn2ccc(-c3ccccc3)n2)cc1. The Morgan fingerprint density at radius 2 is 1.50 bits per heavy atom. The summed E-state index contributed by atoms with van der Waals surface area (Å²) in [5, 5.41) is 4.68. The van der Waals surface area contributed by atoms with Gasteiger partial charge in [-0.05, 0) is 42.8 Å². The highest BCUT2D eigenvalue weighted by atomic mass is 16.5. The first-order valence-corrected chi connectivity index (χ1v) is 10.6. The van der Waals surface area contributed by atoms with Crippen molar-refractivity contribution >= 4 is 0 Å². The van der Waals surface area contributed by atoms with Gasteiger partial charge in [0.05, 0.1) is 12.2 Å². The summed E-state index contributed by atoms with van der Waals surface area (Å²) >= 11 is 0. The minimum absolute atomic E-state index is 0.362. The van der Waals surface area contributed by atoms with Crippen LogP contribution in [0.3, 0.4) is 0 Å². The highest BCUT2D eigenvalue weighted by Gasteiger charge is 2.12. The normalized spacial score (nSPS) is 10.9. The molecule has 2 heterocycles. The second-order valence-corrected chi connectivity index (χ2v) is 7.59. The summed E-state index contributed by atoms with van der Waals surface area (Å²) in [6.07, 6.45) is 2.00. The molecule has 3 aromatic carbocycles. The first kappa shape index (κ1) is 19.8. The number of nitrogens with zero attached hydrogens (tertiary/aromatic N) is 3. The van der Waals surface area contributed by atoms with Crippen LogP contribution in [0.15, 0.2) is 102 Å². The Labute approximate surface area is 186 Å². The lowest BCUT2D eigenvalue weighted by molar-refractivity contribution is 0.299. The predicted molar refractivity (Wildman–Crippen MR) is 124 cm³/mol. The van der Waals surface area contributed by atoms with Gasteiger partial charge in [-0.25, -0.2) is 4.98 Å². The van der Waals surface area contributed by atoms with Crippen LogP contribution in [0, 0.1) is 6.92 Å². The maximum absolute atomic E-state index is 5.94. The molecule has 0 unspecified atom stereocenters. The van der Waals surface area contributed by atoms with Crippen LogP contribution in [0.25, 0.3) is 22.7 Å². The fourth-order valence-electron chi connectivity index (χ4n) is 3.51. The zero-order valence-electron chi connectivity index (χ0n) is 17.8. The number of aryl methyl sites for hydroxylation is 1. The first-order chi connectivity index (χ1) is 15.7. The number of oxazole rings is 1. The predicted octanol–water partition coefficient (Wildman–Crippen LogP) is 6.14. The molecule has 0 atom stereocenters. The topological polar surface area (TPSA) is 53.1 Å². The van der Waals surface area contributed by atoms with Gasteiger partial charge >= 0.3 is 0 Å². The highest BCUT2D eigenvalue weighted by Crippen LogP contribution is 2.23. The molecule has 158 valence electrons. The molecule has 0 saturated heterocycles. The molecular formula is C27H23N3O2. The van der Waals surface area contributed by atoms with Crippen molar-refractivity contribution in [2.24, 2.45) is 0 Å². The van der Waals surface area contributed by atoms with Crippen LogP contribution in [0.4, 0.5) is 0 Å². The Morgan fingerprint density at radius 1 is 0.812 bits per heavy atom. The molecule has 0 aliphatic heterocycles. The quantitative estimate of drug-likeness (QED) is 0.317. The van der Waals surface area contributed by atoms with Gasteiger partial charge in [0.2, 0.25) is 5.89 Å². The monoisotopic (exact) mass is 421 g/mol. The van der Waals surface area contributed by atoms with Crippen LogP contribution in [-0.4, -0.2) is 14.8 Å². The van der Waals surface area contributed by atoms with E-state index in [1.165, 1.54) is 0 Å². The van der Waals surface area contributed by atoms with Gasteiger partial charge in [0.15, 0.2) is 0 Å². The number of aromatic nitrogens is 3. The fourth-order valence-corrected chi connectivity index (χ4v) is 3.51. The van der Waals surface area contributed by atoms with Crippen molar-refractivity contribution in [3.8, 4) is 28.5 Å². The van der Waals surface area contributed by atoms with E-state index in [9.17, 15) is 0 Å². The van der Waals surface area contributed by atoms with Crippen LogP contribution < -0.4 is 4.74 Å². The van der Waals surface area contributed by atoms with E-state index in [2.05, 4.69) is 34.3 Å². The second-order valence-electron chi connectivity index (χ2n) is 7.59. The van der Waals surface area contributed by atoms with E-state index < -0.39 is 0 Å². The van der Waals surface area contributed by atoms with E-state index >= 15 is 0 Å². The molecule has 5 heteroatoms. The summed E-state index contributed by atoms with van der Waals surface area (Å²) in [6.45, 7) is 2.98. The third-order valence-corrected chi connectivity index (χ3v) is 5.27. The van der Waals surface area contributed by atoms with Crippen molar-refractivity contribution in [2.75, 3.05) is 0 Å². The Kier molecular flexibility index (Phi) is 5.54. The lowest BCUT2D eigenvalue weighted by Gasteiger charge is -2.07. The van der Waals surface area contributed by atoms with Gasteiger partial charge in [-0.15, -0.1) is 0 Å². The first-order valence-electron chi connectivity index (χ1n) is 10.6. The largest absolute Gasteiger partial charge is 0.487 e. The highest BCUT2D eigenvalue weighted by molar-refractivity contribution is 5.58. The van der Waals surface area contributed by atoms with Gasteiger partial charge in [-0.1, -0.05) is 60.7 Å². The van der Waals surface area contributed by atoms with Crippen molar-refractivity contribution in [3.05, 3.63) is 114 Å². The summed E-state index contributed by atoms with van der Waals surface area (Å²) in [7, 11) is 0. The van der Waals surface area contributed by atoms with Gasteiger partial charge in [0.1, 0.15) is 23.8 Å². The average molecular weight is 422 g/mol. The van der Waals surface area contributed by atoms with Crippen LogP contribution in [0.1, 0.15) is 17.0 Å². The molecule has 32 heavy (non-hydrogen) atoms. The van der Waals surface area contributed by atoms with E-state index in [-0.39, 0.29) is 0 Å². The van der Waals surface area contributed by atoms with E-state index in [0.717, 1.165) is 39.6 Å². The smallest absolute Gasteiger partial charge is 0.226 e. The molecule has 2 aromatic heterocycles. The fraction of sp³-hybridized carbons (Fsp3) is 0.111. The van der Waals surface area contributed by atoms with Crippen molar-refractivity contribution < 1.29 is 9.15 Å². The third-order valence-electron chi connectivity index (χ3n) is 5.27. The van der Waals surface area contributed by atoms with E-state index in [4.69, 9.17) is 9.15 Å². The molecule has 5 nitrogen and oxygen atoms in total. The molecule has 0 spiro atoms. The van der Waals surface area contributed by atoms with Gasteiger partial charge in [0, 0.05) is 17.3 Å². The van der Waals surface area contributed by atoms with E-state index in [1.807, 2.05) is 84.5 Å². The van der Waals surface area contributed by atoms with Crippen LogP contribution in [0.5, 0.6) is 5.75 Å². The molecular weight excluding hydrogens is 398 g/mol. The molecule has 0 N–H and O–H groups in total. The number of hydrogen-bond donors (Lipinski definition) is 0. The number of benzene rings is 3. The van der Waals surface area contributed by atoms with Gasteiger partial charge in [-0.2, -0.15) is 5.10 Å². The van der Waals surface area contributed by atoms with Gasteiger partial charge < -0.3 is 9.15 Å². The molecule has 0 amide bonds. The van der Waals surface area contributed by atoms with Crippen LogP contribution >= 0.6 is 0 Å². The molecule has 0 fully saturated rings. The number of ether oxygens (including phenoxy) is 1. The molecule has 0 aliphatic rings.